The van der Waals surface area contributed by atoms with Crippen molar-refractivity contribution in [2.45, 2.75) is 52.0 Å². The van der Waals surface area contributed by atoms with Crippen LogP contribution in [0.4, 0.5) is 5.13 Å². The molecule has 1 aliphatic carbocycles. The Balaban J connectivity index is 1.72. The van der Waals surface area contributed by atoms with Gasteiger partial charge < -0.3 is 14.6 Å². The molecule has 0 bridgehead atoms. The molecule has 1 aliphatic rings. The van der Waals surface area contributed by atoms with Crippen molar-refractivity contribution in [1.29, 1.82) is 0 Å². The zero-order valence-electron chi connectivity index (χ0n) is 14.6. The highest BCUT2D eigenvalue weighted by Gasteiger charge is 2.29. The predicted octanol–water partition coefficient (Wildman–Crippen LogP) is 3.77. The average molecular weight is 361 g/mol. The molecule has 3 rings (SSSR count). The molecule has 134 valence electrons. The molecule has 2 amide bonds. The fourth-order valence-electron chi connectivity index (χ4n) is 3.14. The van der Waals surface area contributed by atoms with Gasteiger partial charge in [-0.1, -0.05) is 19.3 Å². The van der Waals surface area contributed by atoms with E-state index < -0.39 is 0 Å². The highest BCUT2D eigenvalue weighted by molar-refractivity contribution is 7.15. The molecule has 0 unspecified atom stereocenters. The van der Waals surface area contributed by atoms with E-state index >= 15 is 0 Å². The third-order valence-corrected chi connectivity index (χ3v) is 5.59. The van der Waals surface area contributed by atoms with Gasteiger partial charge in [-0.15, -0.1) is 11.3 Å². The molecule has 7 heteroatoms. The van der Waals surface area contributed by atoms with Crippen LogP contribution in [-0.4, -0.2) is 34.3 Å². The fourth-order valence-corrected chi connectivity index (χ4v) is 3.97. The van der Waals surface area contributed by atoms with Gasteiger partial charge in [-0.2, -0.15) is 0 Å². The van der Waals surface area contributed by atoms with Crippen molar-refractivity contribution in [3.05, 3.63) is 34.7 Å². The lowest BCUT2D eigenvalue weighted by Gasteiger charge is -2.33. The minimum atomic E-state index is -0.224. The molecule has 0 aliphatic heterocycles. The van der Waals surface area contributed by atoms with Crippen LogP contribution in [0, 0.1) is 13.8 Å². The summed E-state index contributed by atoms with van der Waals surface area (Å²) in [5.74, 6) is -0.169. The van der Waals surface area contributed by atoms with Crippen LogP contribution in [0.25, 0.3) is 0 Å². The number of anilines is 1. The number of aryl methyl sites for hydroxylation is 2. The molecule has 2 heterocycles. The van der Waals surface area contributed by atoms with Gasteiger partial charge in [-0.3, -0.25) is 9.59 Å². The van der Waals surface area contributed by atoms with Crippen LogP contribution in [0.2, 0.25) is 0 Å². The van der Waals surface area contributed by atoms with E-state index in [0.29, 0.717) is 5.13 Å². The quantitative estimate of drug-likeness (QED) is 0.880. The van der Waals surface area contributed by atoms with E-state index in [0.717, 1.165) is 36.3 Å². The van der Waals surface area contributed by atoms with Crippen molar-refractivity contribution in [2.75, 3.05) is 11.9 Å². The maximum atomic E-state index is 12.8. The molecular weight excluding hydrogens is 338 g/mol. The van der Waals surface area contributed by atoms with E-state index in [-0.39, 0.29) is 30.2 Å². The number of carbonyl (C=O) groups excluding carboxylic acids is 2. The molecule has 2 aromatic rings. The smallest absolute Gasteiger partial charge is 0.290 e. The average Bonchev–Trinajstić information content (AvgIpc) is 3.23. The van der Waals surface area contributed by atoms with Crippen LogP contribution >= 0.6 is 11.3 Å². The Bertz CT molecular complexity index is 713. The predicted molar refractivity (Wildman–Crippen MR) is 96.8 cm³/mol. The third kappa shape index (κ3) is 4.28. The molecule has 1 saturated carbocycles. The summed E-state index contributed by atoms with van der Waals surface area (Å²) in [7, 11) is 0. The standard InChI is InChI=1S/C18H23N3O3S/c1-12-13(2)25-18(19-12)20-16(22)11-21(14-7-4-3-5-8-14)17(23)15-9-6-10-24-15/h6,9-10,14H,3-5,7-8,11H2,1-2H3,(H,19,20,22). The van der Waals surface area contributed by atoms with E-state index in [1.165, 1.54) is 24.0 Å². The second-order valence-corrected chi connectivity index (χ2v) is 7.61. The molecular formula is C18H23N3O3S. The van der Waals surface area contributed by atoms with Gasteiger partial charge in [-0.05, 0) is 38.8 Å². The Labute approximate surface area is 151 Å². The van der Waals surface area contributed by atoms with Crippen molar-refractivity contribution in [3.63, 3.8) is 0 Å². The Morgan fingerprint density at radius 3 is 2.68 bits per heavy atom. The Hall–Kier alpha value is -2.15. The lowest BCUT2D eigenvalue weighted by atomic mass is 9.94. The lowest BCUT2D eigenvalue weighted by Crippen LogP contribution is -2.45. The highest BCUT2D eigenvalue weighted by Crippen LogP contribution is 2.25. The van der Waals surface area contributed by atoms with Crippen LogP contribution in [-0.2, 0) is 4.79 Å². The summed E-state index contributed by atoms with van der Waals surface area (Å²) >= 11 is 1.45. The molecule has 0 atom stereocenters. The second-order valence-electron chi connectivity index (χ2n) is 6.41. The molecule has 0 radical (unpaired) electrons. The van der Waals surface area contributed by atoms with Crippen LogP contribution < -0.4 is 5.32 Å². The van der Waals surface area contributed by atoms with Crippen LogP contribution in [0.15, 0.2) is 22.8 Å². The number of thiazole rings is 1. The van der Waals surface area contributed by atoms with E-state index in [4.69, 9.17) is 4.42 Å². The third-order valence-electron chi connectivity index (χ3n) is 4.60. The van der Waals surface area contributed by atoms with Crippen molar-refractivity contribution < 1.29 is 14.0 Å². The van der Waals surface area contributed by atoms with Gasteiger partial charge in [0.05, 0.1) is 12.0 Å². The SMILES string of the molecule is Cc1nc(NC(=O)CN(C(=O)c2ccco2)C2CCCCC2)sc1C. The summed E-state index contributed by atoms with van der Waals surface area (Å²) in [6.07, 6.45) is 6.68. The zero-order valence-corrected chi connectivity index (χ0v) is 15.4. The number of nitrogens with zero attached hydrogens (tertiary/aromatic N) is 2. The largest absolute Gasteiger partial charge is 0.459 e. The number of carbonyl (C=O) groups is 2. The topological polar surface area (TPSA) is 75.4 Å². The molecule has 1 fully saturated rings. The van der Waals surface area contributed by atoms with E-state index in [1.54, 1.807) is 17.0 Å². The van der Waals surface area contributed by atoms with Crippen molar-refractivity contribution in [2.24, 2.45) is 0 Å². The number of furan rings is 1. The number of amides is 2. The van der Waals surface area contributed by atoms with Gasteiger partial charge in [0.1, 0.15) is 6.54 Å². The molecule has 6 nitrogen and oxygen atoms in total. The molecule has 1 N–H and O–H groups in total. The first-order valence-corrected chi connectivity index (χ1v) is 9.44. The normalized spacial score (nSPS) is 15.1. The summed E-state index contributed by atoms with van der Waals surface area (Å²) in [4.78, 5) is 32.3. The Morgan fingerprint density at radius 2 is 2.08 bits per heavy atom. The van der Waals surface area contributed by atoms with Crippen molar-refractivity contribution in [1.82, 2.24) is 9.88 Å². The minimum absolute atomic E-state index is 0.0157. The fraction of sp³-hybridized carbons (Fsp3) is 0.500. The molecule has 25 heavy (non-hydrogen) atoms. The molecule has 0 spiro atoms. The van der Waals surface area contributed by atoms with Crippen molar-refractivity contribution in [3.8, 4) is 0 Å². The number of hydrogen-bond donors (Lipinski definition) is 1. The summed E-state index contributed by atoms with van der Waals surface area (Å²) in [6, 6.07) is 3.41. The first-order chi connectivity index (χ1) is 12.0. The zero-order chi connectivity index (χ0) is 17.8. The van der Waals surface area contributed by atoms with E-state index in [9.17, 15) is 9.59 Å². The molecule has 2 aromatic heterocycles. The van der Waals surface area contributed by atoms with Gasteiger partial charge >= 0.3 is 0 Å². The summed E-state index contributed by atoms with van der Waals surface area (Å²) in [6.45, 7) is 3.90. The first kappa shape index (κ1) is 17.7. The number of aromatic nitrogens is 1. The van der Waals surface area contributed by atoms with Gasteiger partial charge in [0.25, 0.3) is 5.91 Å². The van der Waals surface area contributed by atoms with E-state index in [2.05, 4.69) is 10.3 Å². The lowest BCUT2D eigenvalue weighted by molar-refractivity contribution is -0.117. The molecule has 0 aromatic carbocycles. The Morgan fingerprint density at radius 1 is 1.32 bits per heavy atom. The molecule has 0 saturated heterocycles. The van der Waals surface area contributed by atoms with Crippen LogP contribution in [0.5, 0.6) is 0 Å². The number of nitrogens with one attached hydrogen (secondary N) is 1. The number of hydrogen-bond acceptors (Lipinski definition) is 5. The minimum Gasteiger partial charge on any atom is -0.459 e. The monoisotopic (exact) mass is 361 g/mol. The maximum absolute atomic E-state index is 12.8. The van der Waals surface area contributed by atoms with Gasteiger partial charge in [-0.25, -0.2) is 4.98 Å². The summed E-state index contributed by atoms with van der Waals surface area (Å²) in [5.41, 5.74) is 0.913. The summed E-state index contributed by atoms with van der Waals surface area (Å²) < 4.78 is 5.25. The van der Waals surface area contributed by atoms with Crippen molar-refractivity contribution >= 4 is 28.3 Å². The summed E-state index contributed by atoms with van der Waals surface area (Å²) in [5, 5.41) is 3.40. The van der Waals surface area contributed by atoms with Crippen LogP contribution in [0.1, 0.15) is 53.2 Å². The Kier molecular flexibility index (Phi) is 5.53. The maximum Gasteiger partial charge on any atom is 0.290 e. The van der Waals surface area contributed by atoms with E-state index in [1.807, 2.05) is 13.8 Å². The number of rotatable bonds is 5. The van der Waals surface area contributed by atoms with Gasteiger partial charge in [0, 0.05) is 10.9 Å². The van der Waals surface area contributed by atoms with Gasteiger partial charge in [0.2, 0.25) is 5.91 Å². The second kappa shape index (κ2) is 7.82. The first-order valence-electron chi connectivity index (χ1n) is 8.63. The highest BCUT2D eigenvalue weighted by atomic mass is 32.1. The van der Waals surface area contributed by atoms with Gasteiger partial charge in [0.15, 0.2) is 10.9 Å². The van der Waals surface area contributed by atoms with Crippen LogP contribution in [0.3, 0.4) is 0 Å².